The van der Waals surface area contributed by atoms with Gasteiger partial charge in [-0.1, -0.05) is 209 Å². The quantitative estimate of drug-likeness (QED) is 0.0797. The van der Waals surface area contributed by atoms with Crippen LogP contribution in [0.3, 0.4) is 0 Å². The molecule has 348 valence electrons. The van der Waals surface area contributed by atoms with Gasteiger partial charge in [0.25, 0.3) is 0 Å². The van der Waals surface area contributed by atoms with E-state index in [9.17, 15) is 0 Å². The van der Waals surface area contributed by atoms with Crippen molar-refractivity contribution in [3.8, 4) is 0 Å². The van der Waals surface area contributed by atoms with E-state index >= 15 is 0 Å². The molecular formula is C53H38Cl6Cu2I2NP3. The first-order valence-electron chi connectivity index (χ1n) is 19.9. The Morgan fingerprint density at radius 1 is 0.254 bits per heavy atom. The van der Waals surface area contributed by atoms with Crippen molar-refractivity contribution in [2.24, 2.45) is 0 Å². The third kappa shape index (κ3) is 17.9. The average Bonchev–Trinajstić information content (AvgIpc) is 3.38. The van der Waals surface area contributed by atoms with Crippen LogP contribution in [0, 0.1) is 0 Å². The summed E-state index contributed by atoms with van der Waals surface area (Å²) >= 11 is 47.9. The largest absolute Gasteiger partial charge is 0.256 e. The molecule has 0 atom stereocenters. The number of halogens is 8. The topological polar surface area (TPSA) is 12.9 Å². The Morgan fingerprint density at radius 3 is 0.672 bits per heavy atom. The van der Waals surface area contributed by atoms with Gasteiger partial charge in [-0.25, -0.2) is 0 Å². The van der Waals surface area contributed by atoms with Crippen molar-refractivity contribution < 1.29 is 25.5 Å². The minimum absolute atomic E-state index is 0.557. The Balaban J connectivity index is 0.000000182. The molecule has 9 aromatic rings. The van der Waals surface area contributed by atoms with E-state index in [1.54, 1.807) is 40.7 Å². The summed E-state index contributed by atoms with van der Waals surface area (Å²) in [4.78, 5) is 4.56. The molecule has 14 heteroatoms. The first-order valence-corrected chi connectivity index (χ1v) is 32.3. The van der Waals surface area contributed by atoms with E-state index in [2.05, 4.69) is 176 Å². The van der Waals surface area contributed by atoms with Crippen LogP contribution < -0.4 is 47.9 Å². The smallest absolute Gasteiger partial charge is 0.0720 e. The fourth-order valence-corrected chi connectivity index (χ4v) is 13.9. The molecule has 0 aliphatic rings. The summed E-state index contributed by atoms with van der Waals surface area (Å²) in [5.41, 5.74) is 1.15. The van der Waals surface area contributed by atoms with Gasteiger partial charge in [-0.05, 0) is 143 Å². The standard InChI is InChI=1S/2C18H12Cl3P.C17H14NP.2Cu.2HI/c2*19-13-1-7-16(8-2-13)22(17-9-3-14(20)4-10-17)18-11-5-15(21)6-12-18;1-3-9-15(10-4-1)19(16-11-5-2-6-12-16)17-13-7-8-14-18-17;;;;/h2*1-12H;1-14H;;;2*1H/q;;;2*+1;;/p-2. The molecule has 67 heavy (non-hydrogen) atoms. The third-order valence-corrected chi connectivity index (χ3v) is 18.2. The zero-order chi connectivity index (χ0) is 48.0. The molecule has 1 aromatic heterocycles. The molecule has 0 radical (unpaired) electrons. The number of benzene rings is 8. The molecule has 0 saturated carbocycles. The van der Waals surface area contributed by atoms with Crippen molar-refractivity contribution in [3.63, 3.8) is 0 Å². The Bertz CT molecular complexity index is 2330. The van der Waals surface area contributed by atoms with Crippen molar-refractivity contribution >= 4 is 182 Å². The Hall–Kier alpha value is -1.56. The number of hydrogen-bond donors (Lipinski definition) is 0. The number of nitrogens with zero attached hydrogens (tertiary/aromatic N) is 1. The van der Waals surface area contributed by atoms with Gasteiger partial charge >= 0.3 is 66.2 Å². The van der Waals surface area contributed by atoms with Gasteiger partial charge in [-0.15, -0.1) is 0 Å². The molecule has 0 amide bonds. The first kappa shape index (κ1) is 56.4. The molecule has 0 saturated heterocycles. The summed E-state index contributed by atoms with van der Waals surface area (Å²) in [5.74, 6) is 0. The summed E-state index contributed by atoms with van der Waals surface area (Å²) in [6.45, 7) is 0. The van der Waals surface area contributed by atoms with E-state index < -0.39 is 23.8 Å². The Labute approximate surface area is 467 Å². The minimum atomic E-state index is -0.659. The van der Waals surface area contributed by atoms with E-state index in [0.717, 1.165) is 35.6 Å². The molecular weight excluding hydrogens is 1340 g/mol. The van der Waals surface area contributed by atoms with Crippen LogP contribution in [0.4, 0.5) is 0 Å². The van der Waals surface area contributed by atoms with Gasteiger partial charge in [0.05, 0.1) is 5.44 Å². The average molecular weight is 1380 g/mol. The maximum Gasteiger partial charge on any atom is 0.0720 e. The molecule has 0 bridgehead atoms. The number of hydrogen-bond acceptors (Lipinski definition) is 1. The molecule has 0 aliphatic carbocycles. The summed E-state index contributed by atoms with van der Waals surface area (Å²) in [6.07, 6.45) is 1.87. The Morgan fingerprint density at radius 2 is 0.463 bits per heavy atom. The normalized spacial score (nSPS) is 10.4. The van der Waals surface area contributed by atoms with Crippen molar-refractivity contribution in [1.82, 2.24) is 4.98 Å². The van der Waals surface area contributed by atoms with Crippen molar-refractivity contribution in [3.05, 3.63) is 261 Å². The van der Waals surface area contributed by atoms with Crippen LogP contribution >= 0.6 is 134 Å². The molecule has 0 fully saturated rings. The molecule has 1 heterocycles. The predicted octanol–water partition coefficient (Wildman–Crippen LogP) is 15.4. The monoisotopic (exact) mass is 1370 g/mol. The minimum Gasteiger partial charge on any atom is -0.256 e. The first-order chi connectivity index (χ1) is 32.7. The second-order valence-electron chi connectivity index (χ2n) is 13.7. The second kappa shape index (κ2) is 31.0. The van der Waals surface area contributed by atoms with Crippen LogP contribution in [-0.4, -0.2) is 4.98 Å². The maximum atomic E-state index is 6.02. The number of pyridine rings is 1. The van der Waals surface area contributed by atoms with Crippen LogP contribution in [0.25, 0.3) is 0 Å². The molecule has 9 rings (SSSR count). The maximum absolute atomic E-state index is 6.02. The van der Waals surface area contributed by atoms with Gasteiger partial charge in [-0.3, -0.25) is 4.98 Å². The van der Waals surface area contributed by atoms with Gasteiger partial charge in [0.15, 0.2) is 0 Å². The third-order valence-electron chi connectivity index (χ3n) is 9.42. The van der Waals surface area contributed by atoms with Crippen LogP contribution in [0.1, 0.15) is 0 Å². The number of aromatic nitrogens is 1. The van der Waals surface area contributed by atoms with Gasteiger partial charge < -0.3 is 0 Å². The second-order valence-corrected chi connectivity index (χ2v) is 22.9. The van der Waals surface area contributed by atoms with Gasteiger partial charge in [-0.2, -0.15) is 0 Å². The van der Waals surface area contributed by atoms with E-state index in [1.807, 2.05) is 85.1 Å². The van der Waals surface area contributed by atoms with E-state index in [4.69, 9.17) is 69.6 Å². The molecule has 1 nitrogen and oxygen atoms in total. The predicted molar refractivity (Wildman–Crippen MR) is 311 cm³/mol. The zero-order valence-corrected chi connectivity index (χ0v) is 48.3. The van der Waals surface area contributed by atoms with Gasteiger partial charge in [0.2, 0.25) is 0 Å². The Kier molecular flexibility index (Phi) is 26.1. The SMILES string of the molecule is Clc1ccc(P(c2ccc(Cl)cc2)c2ccc(Cl)cc2)cc1.Clc1ccc(P(c2ccc(Cl)cc2)c2ccc(Cl)cc2)cc1.[Cu][I].[Cu][I].c1ccc(P(c2ccccc2)c2ccccn2)cc1. The van der Waals surface area contributed by atoms with Crippen LogP contribution in [0.5, 0.6) is 0 Å². The zero-order valence-electron chi connectivity index (χ0n) is 34.9. The molecule has 0 aliphatic heterocycles. The van der Waals surface area contributed by atoms with E-state index in [0.29, 0.717) is 0 Å². The van der Waals surface area contributed by atoms with Gasteiger partial charge in [0.1, 0.15) is 0 Å². The summed E-state index contributed by atoms with van der Waals surface area (Å²) in [6, 6.07) is 75.5. The summed E-state index contributed by atoms with van der Waals surface area (Å²) < 4.78 is 0. The summed E-state index contributed by atoms with van der Waals surface area (Å²) in [7, 11) is -1.88. The van der Waals surface area contributed by atoms with Gasteiger partial charge in [0, 0.05) is 44.3 Å². The number of rotatable bonds is 9. The van der Waals surface area contributed by atoms with Crippen molar-refractivity contribution in [2.45, 2.75) is 0 Å². The molecule has 0 N–H and O–H groups in total. The summed E-state index contributed by atoms with van der Waals surface area (Å²) in [5, 5.41) is 14.6. The van der Waals surface area contributed by atoms with E-state index in [1.165, 1.54) is 42.4 Å². The van der Waals surface area contributed by atoms with Crippen LogP contribution in [-0.2, 0) is 25.5 Å². The fraction of sp³-hybridized carbons (Fsp3) is 0. The van der Waals surface area contributed by atoms with Crippen LogP contribution in [0.15, 0.2) is 231 Å². The molecule has 0 unspecified atom stereocenters. The van der Waals surface area contributed by atoms with Crippen LogP contribution in [0.2, 0.25) is 30.1 Å². The molecule has 0 spiro atoms. The van der Waals surface area contributed by atoms with Crippen molar-refractivity contribution in [2.75, 3.05) is 0 Å². The molecule has 8 aromatic carbocycles. The fourth-order valence-electron chi connectivity index (χ4n) is 6.49. The van der Waals surface area contributed by atoms with Crippen molar-refractivity contribution in [1.29, 1.82) is 0 Å². The van der Waals surface area contributed by atoms with E-state index in [-0.39, 0.29) is 0 Å².